The van der Waals surface area contributed by atoms with Crippen molar-refractivity contribution in [2.24, 2.45) is 0 Å². The molecule has 0 saturated heterocycles. The molecule has 0 aliphatic heterocycles. The van der Waals surface area contributed by atoms with Crippen LogP contribution in [0.4, 0.5) is 5.69 Å². The standard InChI is InChI=1S/C17H19N3O2S2/c1-4-20(14-8-6-5-7-9-14)24(21,22)16-11-10-15(23-16)17-12(2)13(3)18-19-17/h5-11H,4H2,1-3H3,(H,18,19). The summed E-state index contributed by atoms with van der Waals surface area (Å²) in [7, 11) is -3.58. The molecule has 2 heterocycles. The predicted octanol–water partition coefficient (Wildman–Crippen LogP) is 3.97. The summed E-state index contributed by atoms with van der Waals surface area (Å²) in [6.07, 6.45) is 0. The Bertz CT molecular complexity index is 943. The molecule has 24 heavy (non-hydrogen) atoms. The van der Waals surface area contributed by atoms with E-state index in [1.54, 1.807) is 18.2 Å². The van der Waals surface area contributed by atoms with E-state index in [9.17, 15) is 8.42 Å². The molecule has 0 radical (unpaired) electrons. The lowest BCUT2D eigenvalue weighted by Crippen LogP contribution is -2.30. The Labute approximate surface area is 146 Å². The number of anilines is 1. The summed E-state index contributed by atoms with van der Waals surface area (Å²) in [6.45, 7) is 6.14. The van der Waals surface area contributed by atoms with Crippen LogP contribution in [0.15, 0.2) is 46.7 Å². The average Bonchev–Trinajstić information content (AvgIpc) is 3.17. The van der Waals surface area contributed by atoms with E-state index in [1.807, 2.05) is 45.0 Å². The van der Waals surface area contributed by atoms with Gasteiger partial charge in [0.15, 0.2) is 0 Å². The fourth-order valence-electron chi connectivity index (χ4n) is 2.51. The summed E-state index contributed by atoms with van der Waals surface area (Å²) >= 11 is 1.25. The monoisotopic (exact) mass is 361 g/mol. The number of aromatic amines is 1. The summed E-state index contributed by atoms with van der Waals surface area (Å²) < 4.78 is 27.8. The second kappa shape index (κ2) is 6.41. The Morgan fingerprint density at radius 2 is 1.83 bits per heavy atom. The molecular formula is C17H19N3O2S2. The zero-order valence-electron chi connectivity index (χ0n) is 13.8. The first-order valence-electron chi connectivity index (χ1n) is 7.64. The molecule has 0 amide bonds. The molecule has 5 nitrogen and oxygen atoms in total. The molecule has 0 fully saturated rings. The van der Waals surface area contributed by atoms with Crippen LogP contribution in [0.25, 0.3) is 10.6 Å². The van der Waals surface area contributed by atoms with Crippen molar-refractivity contribution >= 4 is 27.0 Å². The number of sulfonamides is 1. The van der Waals surface area contributed by atoms with Gasteiger partial charge in [-0.15, -0.1) is 11.3 Å². The average molecular weight is 361 g/mol. The number of hydrogen-bond acceptors (Lipinski definition) is 4. The molecule has 0 bridgehead atoms. The molecule has 1 aromatic carbocycles. The zero-order valence-corrected chi connectivity index (χ0v) is 15.4. The van der Waals surface area contributed by atoms with Gasteiger partial charge in [-0.3, -0.25) is 9.40 Å². The molecule has 2 aromatic heterocycles. The SMILES string of the molecule is CCN(c1ccccc1)S(=O)(=O)c1ccc(-c2n[nH]c(C)c2C)s1. The van der Waals surface area contributed by atoms with Crippen molar-refractivity contribution in [3.8, 4) is 10.6 Å². The van der Waals surface area contributed by atoms with Gasteiger partial charge in [0.2, 0.25) is 0 Å². The van der Waals surface area contributed by atoms with Crippen molar-refractivity contribution in [1.82, 2.24) is 10.2 Å². The highest BCUT2D eigenvalue weighted by Gasteiger charge is 2.26. The van der Waals surface area contributed by atoms with E-state index < -0.39 is 10.0 Å². The van der Waals surface area contributed by atoms with Gasteiger partial charge >= 0.3 is 0 Å². The van der Waals surface area contributed by atoms with Gasteiger partial charge in [-0.25, -0.2) is 8.42 Å². The molecule has 126 valence electrons. The maximum absolute atomic E-state index is 13.0. The van der Waals surface area contributed by atoms with Crippen LogP contribution in [0.5, 0.6) is 0 Å². The van der Waals surface area contributed by atoms with Crippen LogP contribution in [0.2, 0.25) is 0 Å². The van der Waals surface area contributed by atoms with Gasteiger partial charge < -0.3 is 0 Å². The third kappa shape index (κ3) is 2.85. The highest BCUT2D eigenvalue weighted by Crippen LogP contribution is 2.34. The van der Waals surface area contributed by atoms with Crippen molar-refractivity contribution in [1.29, 1.82) is 0 Å². The molecule has 0 unspecified atom stereocenters. The molecule has 1 N–H and O–H groups in total. The molecule has 3 rings (SSSR count). The van der Waals surface area contributed by atoms with Gasteiger partial charge in [0.25, 0.3) is 10.0 Å². The van der Waals surface area contributed by atoms with Gasteiger partial charge in [0, 0.05) is 12.2 Å². The second-order valence-corrected chi connectivity index (χ2v) is 8.62. The van der Waals surface area contributed by atoms with Gasteiger partial charge in [-0.05, 0) is 50.6 Å². The summed E-state index contributed by atoms with van der Waals surface area (Å²) in [4.78, 5) is 0.847. The molecule has 0 spiro atoms. The first kappa shape index (κ1) is 16.7. The first-order valence-corrected chi connectivity index (χ1v) is 9.90. The van der Waals surface area contributed by atoms with Crippen LogP contribution in [0.3, 0.4) is 0 Å². The van der Waals surface area contributed by atoms with Crippen LogP contribution in [-0.4, -0.2) is 25.2 Å². The Morgan fingerprint density at radius 3 is 2.42 bits per heavy atom. The Balaban J connectivity index is 2.00. The topological polar surface area (TPSA) is 66.1 Å². The van der Waals surface area contributed by atoms with Crippen molar-refractivity contribution < 1.29 is 8.42 Å². The van der Waals surface area contributed by atoms with Crippen LogP contribution < -0.4 is 4.31 Å². The van der Waals surface area contributed by atoms with Crippen molar-refractivity contribution in [2.45, 2.75) is 25.0 Å². The van der Waals surface area contributed by atoms with Crippen LogP contribution in [0.1, 0.15) is 18.2 Å². The van der Waals surface area contributed by atoms with E-state index in [0.29, 0.717) is 16.4 Å². The molecule has 7 heteroatoms. The Morgan fingerprint density at radius 1 is 1.12 bits per heavy atom. The van der Waals surface area contributed by atoms with Gasteiger partial charge in [-0.1, -0.05) is 18.2 Å². The third-order valence-corrected chi connectivity index (χ3v) is 7.41. The summed E-state index contributed by atoms with van der Waals surface area (Å²) in [5.41, 5.74) is 3.50. The second-order valence-electron chi connectivity index (χ2n) is 5.45. The minimum atomic E-state index is -3.58. The van der Waals surface area contributed by atoms with E-state index in [4.69, 9.17) is 0 Å². The molecule has 3 aromatic rings. The summed E-state index contributed by atoms with van der Waals surface area (Å²) in [5, 5.41) is 7.22. The first-order chi connectivity index (χ1) is 11.4. The lowest BCUT2D eigenvalue weighted by molar-refractivity contribution is 0.594. The number of para-hydroxylation sites is 1. The van der Waals surface area contributed by atoms with E-state index >= 15 is 0 Å². The number of aryl methyl sites for hydroxylation is 1. The highest BCUT2D eigenvalue weighted by molar-refractivity contribution is 7.94. The maximum atomic E-state index is 13.0. The van der Waals surface area contributed by atoms with Crippen molar-refractivity contribution in [3.63, 3.8) is 0 Å². The summed E-state index contributed by atoms with van der Waals surface area (Å²) in [6, 6.07) is 12.6. The molecule has 0 atom stereocenters. The number of hydrogen-bond donors (Lipinski definition) is 1. The van der Waals surface area contributed by atoms with E-state index in [2.05, 4.69) is 10.2 Å². The Kier molecular flexibility index (Phi) is 4.47. The lowest BCUT2D eigenvalue weighted by Gasteiger charge is -2.21. The fraction of sp³-hybridized carbons (Fsp3) is 0.235. The summed E-state index contributed by atoms with van der Waals surface area (Å²) in [5.74, 6) is 0. The number of thiophene rings is 1. The molecule has 0 aliphatic rings. The van der Waals surface area contributed by atoms with Crippen molar-refractivity contribution in [3.05, 3.63) is 53.7 Å². The van der Waals surface area contributed by atoms with Gasteiger partial charge in [0.1, 0.15) is 9.90 Å². The van der Waals surface area contributed by atoms with Crippen molar-refractivity contribution in [2.75, 3.05) is 10.8 Å². The van der Waals surface area contributed by atoms with Crippen LogP contribution in [-0.2, 0) is 10.0 Å². The predicted molar refractivity (Wildman–Crippen MR) is 98.0 cm³/mol. The number of nitrogens with one attached hydrogen (secondary N) is 1. The minimum Gasteiger partial charge on any atom is -0.282 e. The smallest absolute Gasteiger partial charge is 0.273 e. The zero-order chi connectivity index (χ0) is 17.3. The van der Waals surface area contributed by atoms with Gasteiger partial charge in [0.05, 0.1) is 10.6 Å². The fourth-order valence-corrected chi connectivity index (χ4v) is 5.45. The number of rotatable bonds is 5. The number of aromatic nitrogens is 2. The highest BCUT2D eigenvalue weighted by atomic mass is 32.2. The largest absolute Gasteiger partial charge is 0.282 e. The van der Waals surface area contributed by atoms with E-state index in [0.717, 1.165) is 21.8 Å². The molecular weight excluding hydrogens is 342 g/mol. The van der Waals surface area contributed by atoms with E-state index in [1.165, 1.54) is 15.6 Å². The number of H-pyrrole nitrogens is 1. The van der Waals surface area contributed by atoms with Gasteiger partial charge in [-0.2, -0.15) is 5.10 Å². The number of benzene rings is 1. The number of nitrogens with zero attached hydrogens (tertiary/aromatic N) is 2. The maximum Gasteiger partial charge on any atom is 0.273 e. The normalized spacial score (nSPS) is 11.6. The van der Waals surface area contributed by atoms with Crippen LogP contribution in [0, 0.1) is 13.8 Å². The Hall–Kier alpha value is -2.12. The molecule has 0 aliphatic carbocycles. The minimum absolute atomic E-state index is 0.322. The molecule has 0 saturated carbocycles. The van der Waals surface area contributed by atoms with E-state index in [-0.39, 0.29) is 0 Å². The quantitative estimate of drug-likeness (QED) is 0.748. The lowest BCUT2D eigenvalue weighted by atomic mass is 10.2. The third-order valence-electron chi connectivity index (χ3n) is 3.94. The van der Waals surface area contributed by atoms with Crippen LogP contribution >= 0.6 is 11.3 Å².